The van der Waals surface area contributed by atoms with Crippen LogP contribution in [0.1, 0.15) is 5.56 Å². The maximum atomic E-state index is 5.11. The van der Waals surface area contributed by atoms with Crippen LogP contribution in [0.2, 0.25) is 0 Å². The summed E-state index contributed by atoms with van der Waals surface area (Å²) in [5, 5.41) is 7.53. The van der Waals surface area contributed by atoms with Crippen molar-refractivity contribution in [3.05, 3.63) is 60.4 Å². The van der Waals surface area contributed by atoms with E-state index in [9.17, 15) is 0 Å². The van der Waals surface area contributed by atoms with Gasteiger partial charge in [-0.1, -0.05) is 18.2 Å². The van der Waals surface area contributed by atoms with Crippen LogP contribution in [0.25, 0.3) is 0 Å². The summed E-state index contributed by atoms with van der Waals surface area (Å²) < 4.78 is 0. The van der Waals surface area contributed by atoms with Gasteiger partial charge in [0.2, 0.25) is 0 Å². The van der Waals surface area contributed by atoms with E-state index in [1.165, 1.54) is 0 Å². The molecule has 0 fully saturated rings. The Morgan fingerprint density at radius 1 is 1.11 bits per heavy atom. The zero-order valence-corrected chi connectivity index (χ0v) is 10.4. The number of para-hydroxylation sites is 1. The van der Waals surface area contributed by atoms with Gasteiger partial charge in [0.25, 0.3) is 0 Å². The SMILES string of the molecule is S=C(NN=Cc1cc[nH+]cc1)Nc1ccccc1. The number of nitrogens with zero attached hydrogens (tertiary/aromatic N) is 1. The van der Waals surface area contributed by atoms with Gasteiger partial charge < -0.3 is 5.32 Å². The number of hydrazone groups is 1. The van der Waals surface area contributed by atoms with Crippen LogP contribution < -0.4 is 15.7 Å². The Bertz CT molecular complexity index is 525. The maximum absolute atomic E-state index is 5.11. The lowest BCUT2D eigenvalue weighted by Gasteiger charge is -2.05. The minimum Gasteiger partial charge on any atom is -0.331 e. The van der Waals surface area contributed by atoms with E-state index in [-0.39, 0.29) is 0 Å². The van der Waals surface area contributed by atoms with Gasteiger partial charge >= 0.3 is 0 Å². The molecule has 0 atom stereocenters. The number of H-pyrrole nitrogens is 1. The van der Waals surface area contributed by atoms with Crippen LogP contribution in [0.4, 0.5) is 5.69 Å². The second kappa shape index (κ2) is 6.46. The molecule has 90 valence electrons. The summed E-state index contributed by atoms with van der Waals surface area (Å²) in [6.07, 6.45) is 5.37. The molecule has 0 radical (unpaired) electrons. The van der Waals surface area contributed by atoms with Crippen molar-refractivity contribution < 1.29 is 4.98 Å². The molecule has 0 spiro atoms. The molecule has 0 amide bonds. The Labute approximate surface area is 111 Å². The van der Waals surface area contributed by atoms with E-state index in [1.54, 1.807) is 6.21 Å². The van der Waals surface area contributed by atoms with Crippen LogP contribution in [0.15, 0.2) is 60.0 Å². The summed E-state index contributed by atoms with van der Waals surface area (Å²) in [5.41, 5.74) is 4.68. The summed E-state index contributed by atoms with van der Waals surface area (Å²) in [7, 11) is 0. The molecule has 18 heavy (non-hydrogen) atoms. The largest absolute Gasteiger partial charge is 0.331 e. The van der Waals surface area contributed by atoms with E-state index >= 15 is 0 Å². The van der Waals surface area contributed by atoms with Gasteiger partial charge in [0, 0.05) is 23.4 Å². The van der Waals surface area contributed by atoms with Crippen LogP contribution in [-0.4, -0.2) is 11.3 Å². The van der Waals surface area contributed by atoms with E-state index in [4.69, 9.17) is 12.2 Å². The molecule has 0 aliphatic carbocycles. The highest BCUT2D eigenvalue weighted by Crippen LogP contribution is 2.04. The number of benzene rings is 1. The van der Waals surface area contributed by atoms with Gasteiger partial charge in [-0.05, 0) is 24.4 Å². The average Bonchev–Trinajstić information content (AvgIpc) is 2.41. The Kier molecular flexibility index (Phi) is 4.38. The average molecular weight is 257 g/mol. The minimum atomic E-state index is 0.458. The van der Waals surface area contributed by atoms with Crippen LogP contribution in [0.3, 0.4) is 0 Å². The molecule has 0 unspecified atom stereocenters. The molecular weight excluding hydrogens is 244 g/mol. The Hall–Kier alpha value is -2.27. The molecule has 1 heterocycles. The normalized spacial score (nSPS) is 10.2. The molecule has 0 aliphatic heterocycles. The van der Waals surface area contributed by atoms with Crippen LogP contribution >= 0.6 is 12.2 Å². The summed E-state index contributed by atoms with van der Waals surface area (Å²) in [6.45, 7) is 0. The molecule has 0 bridgehead atoms. The first-order chi connectivity index (χ1) is 8.84. The molecule has 4 nitrogen and oxygen atoms in total. The Morgan fingerprint density at radius 3 is 2.56 bits per heavy atom. The van der Waals surface area contributed by atoms with Gasteiger partial charge in [-0.25, -0.2) is 4.98 Å². The predicted molar refractivity (Wildman–Crippen MR) is 76.4 cm³/mol. The molecule has 1 aromatic heterocycles. The van der Waals surface area contributed by atoms with Crippen molar-refractivity contribution >= 4 is 29.2 Å². The maximum Gasteiger partial charge on any atom is 0.191 e. The van der Waals surface area contributed by atoms with Gasteiger partial charge in [-0.3, -0.25) is 5.43 Å². The molecular formula is C13H13N4S+. The molecule has 2 aromatic rings. The van der Waals surface area contributed by atoms with E-state index in [0.717, 1.165) is 11.3 Å². The number of nitrogens with one attached hydrogen (secondary N) is 3. The third-order valence-corrected chi connectivity index (χ3v) is 2.35. The fraction of sp³-hybridized carbons (Fsp3) is 0. The fourth-order valence-electron chi connectivity index (χ4n) is 1.33. The smallest absolute Gasteiger partial charge is 0.191 e. The van der Waals surface area contributed by atoms with Crippen LogP contribution in [0, 0.1) is 0 Å². The van der Waals surface area contributed by atoms with Gasteiger partial charge in [0.05, 0.1) is 6.21 Å². The zero-order chi connectivity index (χ0) is 12.6. The molecule has 1 aromatic carbocycles. The van der Waals surface area contributed by atoms with Gasteiger partial charge in [-0.15, -0.1) is 0 Å². The first-order valence-corrected chi connectivity index (χ1v) is 5.86. The van der Waals surface area contributed by atoms with Crippen molar-refractivity contribution in [1.82, 2.24) is 5.43 Å². The number of anilines is 1. The molecule has 0 aliphatic rings. The van der Waals surface area contributed by atoms with Gasteiger partial charge in [0.15, 0.2) is 17.5 Å². The zero-order valence-electron chi connectivity index (χ0n) is 9.63. The van der Waals surface area contributed by atoms with Crippen molar-refractivity contribution in [2.75, 3.05) is 5.32 Å². The number of thiocarbonyl (C=S) groups is 1. The summed E-state index contributed by atoms with van der Waals surface area (Å²) in [4.78, 5) is 2.94. The lowest BCUT2D eigenvalue weighted by atomic mass is 10.3. The number of hydrogen-bond acceptors (Lipinski definition) is 2. The second-order valence-electron chi connectivity index (χ2n) is 3.52. The van der Waals surface area contributed by atoms with E-state index < -0.39 is 0 Å². The molecule has 2 rings (SSSR count). The van der Waals surface area contributed by atoms with Crippen molar-refractivity contribution in [2.24, 2.45) is 5.10 Å². The molecule has 0 saturated carbocycles. The van der Waals surface area contributed by atoms with Crippen molar-refractivity contribution in [1.29, 1.82) is 0 Å². The minimum absolute atomic E-state index is 0.458. The van der Waals surface area contributed by atoms with Crippen LogP contribution in [-0.2, 0) is 0 Å². The molecule has 5 heteroatoms. The second-order valence-corrected chi connectivity index (χ2v) is 3.93. The van der Waals surface area contributed by atoms with Crippen molar-refractivity contribution in [3.63, 3.8) is 0 Å². The Morgan fingerprint density at radius 2 is 1.83 bits per heavy atom. The van der Waals surface area contributed by atoms with E-state index in [2.05, 4.69) is 20.8 Å². The first kappa shape index (κ1) is 12.2. The van der Waals surface area contributed by atoms with Crippen LogP contribution in [0.5, 0.6) is 0 Å². The van der Waals surface area contributed by atoms with E-state index in [0.29, 0.717) is 5.11 Å². The summed E-state index contributed by atoms with van der Waals surface area (Å²) in [6, 6.07) is 13.5. The summed E-state index contributed by atoms with van der Waals surface area (Å²) >= 11 is 5.11. The van der Waals surface area contributed by atoms with E-state index in [1.807, 2.05) is 54.9 Å². The fourth-order valence-corrected chi connectivity index (χ4v) is 1.50. The number of hydrogen-bond donors (Lipinski definition) is 2. The predicted octanol–water partition coefficient (Wildman–Crippen LogP) is 1.82. The number of aromatic amines is 1. The number of pyridine rings is 1. The summed E-state index contributed by atoms with van der Waals surface area (Å²) in [5.74, 6) is 0. The lowest BCUT2D eigenvalue weighted by Crippen LogP contribution is -2.23. The highest BCUT2D eigenvalue weighted by Gasteiger charge is 1.94. The molecule has 0 saturated heterocycles. The number of aromatic nitrogens is 1. The third kappa shape index (κ3) is 3.95. The highest BCUT2D eigenvalue weighted by molar-refractivity contribution is 7.80. The Balaban J connectivity index is 1.84. The topological polar surface area (TPSA) is 50.6 Å². The van der Waals surface area contributed by atoms with Gasteiger partial charge in [0.1, 0.15) is 0 Å². The van der Waals surface area contributed by atoms with Crippen molar-refractivity contribution in [2.45, 2.75) is 0 Å². The van der Waals surface area contributed by atoms with Gasteiger partial charge in [-0.2, -0.15) is 5.10 Å². The lowest BCUT2D eigenvalue weighted by molar-refractivity contribution is -0.378. The third-order valence-electron chi connectivity index (χ3n) is 2.16. The monoisotopic (exact) mass is 257 g/mol. The molecule has 3 N–H and O–H groups in total. The quantitative estimate of drug-likeness (QED) is 0.501. The standard InChI is InChI=1S/C13H12N4S/c18-13(16-12-4-2-1-3-5-12)17-15-10-11-6-8-14-9-7-11/h1-10H,(H2,16,17,18)/p+1. The first-order valence-electron chi connectivity index (χ1n) is 5.46. The highest BCUT2D eigenvalue weighted by atomic mass is 32.1. The van der Waals surface area contributed by atoms with Crippen molar-refractivity contribution in [3.8, 4) is 0 Å². The number of rotatable bonds is 3.